The van der Waals surface area contributed by atoms with E-state index < -0.39 is 22.8 Å². The van der Waals surface area contributed by atoms with Crippen LogP contribution in [-0.4, -0.2) is 32.8 Å². The van der Waals surface area contributed by atoms with E-state index in [0.29, 0.717) is 0 Å². The summed E-state index contributed by atoms with van der Waals surface area (Å²) in [4.78, 5) is 10.1. The van der Waals surface area contributed by atoms with Crippen LogP contribution in [0.25, 0.3) is 0 Å². The number of carboxylic acids is 1. The van der Waals surface area contributed by atoms with Crippen molar-refractivity contribution in [2.45, 2.75) is 6.04 Å². The zero-order valence-corrected chi connectivity index (χ0v) is 6.50. The lowest BCUT2D eigenvalue weighted by atomic mass is 10.4. The summed E-state index contributed by atoms with van der Waals surface area (Å²) >= 11 is 0. The number of hydrogen-bond acceptors (Lipinski definition) is 4. The highest BCUT2D eigenvalue weighted by molar-refractivity contribution is 7.85. The summed E-state index contributed by atoms with van der Waals surface area (Å²) in [5.74, 6) is -1.53. The van der Waals surface area contributed by atoms with Crippen molar-refractivity contribution in [1.82, 2.24) is 0 Å². The van der Waals surface area contributed by atoms with Crippen LogP contribution in [0, 0.1) is 11.3 Å². The lowest BCUT2D eigenvalue weighted by Gasteiger charge is -2.02. The van der Waals surface area contributed by atoms with Crippen LogP contribution in [0.1, 0.15) is 0 Å². The predicted octanol–water partition coefficient (Wildman–Crippen LogP) is -1.33. The molecule has 0 radical (unpaired) electrons. The molecule has 0 heterocycles. The largest absolute Gasteiger partial charge is 0.480 e. The van der Waals surface area contributed by atoms with Crippen molar-refractivity contribution in [2.24, 2.45) is 5.73 Å². The van der Waals surface area contributed by atoms with Gasteiger partial charge in [0.2, 0.25) is 0 Å². The van der Waals surface area contributed by atoms with Crippen LogP contribution < -0.4 is 5.73 Å². The van der Waals surface area contributed by atoms with Gasteiger partial charge in [-0.25, -0.2) is 0 Å². The van der Waals surface area contributed by atoms with Gasteiger partial charge in [-0.1, -0.05) is 0 Å². The van der Waals surface area contributed by atoms with Gasteiger partial charge in [0.25, 0.3) is 0 Å². The van der Waals surface area contributed by atoms with Gasteiger partial charge in [-0.05, 0) is 0 Å². The Hall–Kier alpha value is -0.930. The number of carbonyl (C=O) groups is 1. The molecule has 2 atom stereocenters. The normalized spacial score (nSPS) is 14.9. The molecule has 0 bridgehead atoms. The topological polar surface area (TPSA) is 104 Å². The van der Waals surface area contributed by atoms with E-state index in [0.717, 1.165) is 0 Å². The summed E-state index contributed by atoms with van der Waals surface area (Å²) in [7, 11) is -1.44. The summed E-state index contributed by atoms with van der Waals surface area (Å²) in [6, 6.07) is 0.528. The Balaban J connectivity index is 3.77. The molecule has 0 saturated carbocycles. The highest BCUT2D eigenvalue weighted by atomic mass is 32.2. The third-order valence-electron chi connectivity index (χ3n) is 0.908. The second-order valence-corrected chi connectivity index (χ2v) is 3.36. The second-order valence-electron chi connectivity index (χ2n) is 1.85. The summed E-state index contributed by atoms with van der Waals surface area (Å²) in [5.41, 5.74) is 5.05. The molecule has 5 nitrogen and oxygen atoms in total. The maximum atomic E-state index is 10.7. The van der Waals surface area contributed by atoms with Crippen molar-refractivity contribution < 1.29 is 14.1 Å². The zero-order valence-electron chi connectivity index (χ0n) is 5.69. The van der Waals surface area contributed by atoms with E-state index in [1.54, 1.807) is 6.07 Å². The summed E-state index contributed by atoms with van der Waals surface area (Å²) in [6.45, 7) is 0. The van der Waals surface area contributed by atoms with Gasteiger partial charge in [-0.3, -0.25) is 9.00 Å². The monoisotopic (exact) mass is 176 g/mol. The first-order valence-corrected chi connectivity index (χ1v) is 4.27. The molecule has 0 rings (SSSR count). The molecule has 0 aromatic carbocycles. The molecular formula is C5H8N2O3S. The Kier molecular flexibility index (Phi) is 4.41. The lowest BCUT2D eigenvalue weighted by molar-refractivity contribution is -0.137. The van der Waals surface area contributed by atoms with E-state index in [-0.39, 0.29) is 11.5 Å². The molecule has 0 fully saturated rings. The number of nitrogens with two attached hydrogens (primary N) is 1. The van der Waals surface area contributed by atoms with Crippen LogP contribution in [0.3, 0.4) is 0 Å². The Morgan fingerprint density at radius 1 is 1.82 bits per heavy atom. The molecule has 0 amide bonds. The standard InChI is InChI=1S/C5H8N2O3S/c6-1-2-11(10)3-4(7)5(8)9/h4H,2-3,7H2,(H,8,9)/t4-,11+/m1/s1. The zero-order chi connectivity index (χ0) is 8.85. The molecule has 0 aliphatic carbocycles. The highest BCUT2D eigenvalue weighted by Crippen LogP contribution is 1.86. The molecule has 62 valence electrons. The molecule has 0 aromatic rings. The van der Waals surface area contributed by atoms with Crippen molar-refractivity contribution in [1.29, 1.82) is 5.26 Å². The molecule has 0 aliphatic heterocycles. The first kappa shape index (κ1) is 10.1. The summed E-state index contributed by atoms with van der Waals surface area (Å²) in [6.07, 6.45) is 0. The first-order chi connectivity index (χ1) is 5.07. The van der Waals surface area contributed by atoms with Gasteiger partial charge in [-0.15, -0.1) is 0 Å². The fourth-order valence-corrected chi connectivity index (χ4v) is 1.21. The van der Waals surface area contributed by atoms with Gasteiger partial charge in [0, 0.05) is 10.8 Å². The van der Waals surface area contributed by atoms with Gasteiger partial charge in [0.1, 0.15) is 11.8 Å². The van der Waals surface area contributed by atoms with Crippen LogP contribution >= 0.6 is 0 Å². The fraction of sp³-hybridized carbons (Fsp3) is 0.600. The van der Waals surface area contributed by atoms with E-state index in [2.05, 4.69) is 0 Å². The van der Waals surface area contributed by atoms with Crippen LogP contribution in [0.5, 0.6) is 0 Å². The number of hydrogen-bond donors (Lipinski definition) is 2. The van der Waals surface area contributed by atoms with Crippen LogP contribution in [-0.2, 0) is 15.6 Å². The van der Waals surface area contributed by atoms with Gasteiger partial charge in [0.15, 0.2) is 0 Å². The van der Waals surface area contributed by atoms with Crippen molar-refractivity contribution in [3.05, 3.63) is 0 Å². The summed E-state index contributed by atoms with van der Waals surface area (Å²) in [5, 5.41) is 16.3. The molecule has 3 N–H and O–H groups in total. The number of rotatable bonds is 4. The van der Waals surface area contributed by atoms with Gasteiger partial charge < -0.3 is 10.8 Å². The summed E-state index contributed by atoms with van der Waals surface area (Å²) < 4.78 is 10.7. The SMILES string of the molecule is N#CC[S@](=O)C[C@@H](N)C(=O)O. The molecule has 0 spiro atoms. The smallest absolute Gasteiger partial charge is 0.321 e. The van der Waals surface area contributed by atoms with Crippen molar-refractivity contribution in [3.8, 4) is 6.07 Å². The molecular weight excluding hydrogens is 168 g/mol. The number of nitriles is 1. The maximum Gasteiger partial charge on any atom is 0.321 e. The first-order valence-electron chi connectivity index (χ1n) is 2.78. The van der Waals surface area contributed by atoms with Crippen LogP contribution in [0.15, 0.2) is 0 Å². The molecule has 11 heavy (non-hydrogen) atoms. The van der Waals surface area contributed by atoms with E-state index >= 15 is 0 Å². The maximum absolute atomic E-state index is 10.7. The minimum Gasteiger partial charge on any atom is -0.480 e. The second kappa shape index (κ2) is 4.82. The van der Waals surface area contributed by atoms with Crippen molar-refractivity contribution in [2.75, 3.05) is 11.5 Å². The van der Waals surface area contributed by atoms with Crippen molar-refractivity contribution >= 4 is 16.8 Å². The Morgan fingerprint density at radius 3 is 2.73 bits per heavy atom. The molecule has 0 saturated heterocycles. The van der Waals surface area contributed by atoms with Gasteiger partial charge in [0.05, 0.1) is 11.8 Å². The molecule has 0 unspecified atom stereocenters. The Bertz CT molecular complexity index is 210. The Labute approximate surface area is 66.3 Å². The molecule has 0 aromatic heterocycles. The van der Waals surface area contributed by atoms with E-state index in [9.17, 15) is 9.00 Å². The third-order valence-corrected chi connectivity index (χ3v) is 2.09. The fourth-order valence-electron chi connectivity index (χ4n) is 0.402. The minimum absolute atomic E-state index is 0.164. The average molecular weight is 176 g/mol. The highest BCUT2D eigenvalue weighted by Gasteiger charge is 2.14. The number of nitrogens with zero attached hydrogens (tertiary/aromatic N) is 1. The van der Waals surface area contributed by atoms with Gasteiger partial charge >= 0.3 is 5.97 Å². The van der Waals surface area contributed by atoms with E-state index in [1.807, 2.05) is 0 Å². The lowest BCUT2D eigenvalue weighted by Crippen LogP contribution is -2.35. The van der Waals surface area contributed by atoms with Gasteiger partial charge in [-0.2, -0.15) is 5.26 Å². The average Bonchev–Trinajstić information content (AvgIpc) is 1.87. The van der Waals surface area contributed by atoms with E-state index in [1.165, 1.54) is 0 Å². The molecule has 6 heteroatoms. The van der Waals surface area contributed by atoms with Crippen LogP contribution in [0.2, 0.25) is 0 Å². The Morgan fingerprint density at radius 2 is 2.36 bits per heavy atom. The number of carboxylic acid groups (broad SMARTS) is 1. The third kappa shape index (κ3) is 4.47. The van der Waals surface area contributed by atoms with Crippen LogP contribution in [0.4, 0.5) is 0 Å². The minimum atomic E-state index is -1.44. The quantitative estimate of drug-likeness (QED) is 0.552. The molecule has 0 aliphatic rings. The van der Waals surface area contributed by atoms with E-state index in [4.69, 9.17) is 16.1 Å². The predicted molar refractivity (Wildman–Crippen MR) is 39.1 cm³/mol. The van der Waals surface area contributed by atoms with Crippen molar-refractivity contribution in [3.63, 3.8) is 0 Å². The number of aliphatic carboxylic acids is 1.